The summed E-state index contributed by atoms with van der Waals surface area (Å²) in [7, 11) is 0. The Morgan fingerprint density at radius 2 is 1.83 bits per heavy atom. The van der Waals surface area contributed by atoms with Crippen molar-refractivity contribution < 1.29 is 23.5 Å². The summed E-state index contributed by atoms with van der Waals surface area (Å²) in [5.74, 6) is -1.34. The predicted molar refractivity (Wildman–Crippen MR) is 156 cm³/mol. The molecule has 0 saturated carbocycles. The van der Waals surface area contributed by atoms with Crippen LogP contribution in [-0.2, 0) is 25.6 Å². The van der Waals surface area contributed by atoms with Crippen LogP contribution in [0, 0.1) is 5.82 Å². The number of benzene rings is 3. The van der Waals surface area contributed by atoms with E-state index >= 15 is 0 Å². The molecule has 2 atom stereocenters. The van der Waals surface area contributed by atoms with E-state index in [0.29, 0.717) is 43.0 Å². The van der Waals surface area contributed by atoms with Gasteiger partial charge in [-0.15, -0.1) is 5.10 Å². The summed E-state index contributed by atoms with van der Waals surface area (Å²) in [5, 5.41) is 11.3. The number of morpholine rings is 1. The average Bonchev–Trinajstić information content (AvgIpc) is 3.69. The zero-order valence-electron chi connectivity index (χ0n) is 23.2. The maximum atomic E-state index is 14.6. The molecule has 2 saturated heterocycles. The van der Waals surface area contributed by atoms with Crippen molar-refractivity contribution in [2.45, 2.75) is 31.5 Å². The molecule has 10 nitrogen and oxygen atoms in total. The first kappa shape index (κ1) is 27.8. The van der Waals surface area contributed by atoms with Crippen LogP contribution in [0.2, 0.25) is 0 Å². The Morgan fingerprint density at radius 3 is 2.60 bits per heavy atom. The minimum atomic E-state index is -1.07. The van der Waals surface area contributed by atoms with E-state index in [-0.39, 0.29) is 24.2 Å². The first-order valence-electron chi connectivity index (χ1n) is 14.2. The van der Waals surface area contributed by atoms with E-state index in [2.05, 4.69) is 20.5 Å². The summed E-state index contributed by atoms with van der Waals surface area (Å²) in [6, 6.07) is 19.6. The number of anilines is 2. The summed E-state index contributed by atoms with van der Waals surface area (Å²) < 4.78 is 27.2. The Kier molecular flexibility index (Phi) is 8.38. The molecule has 2 aliphatic heterocycles. The number of aromatic nitrogens is 3. The molecule has 2 fully saturated rings. The molecule has 3 aromatic carbocycles. The fourth-order valence-corrected chi connectivity index (χ4v) is 5.52. The number of nitrogens with zero attached hydrogens (tertiary/aromatic N) is 5. The molecule has 1 N–H and O–H groups in total. The van der Waals surface area contributed by atoms with Gasteiger partial charge in [-0.1, -0.05) is 35.5 Å². The van der Waals surface area contributed by atoms with Crippen molar-refractivity contribution in [3.8, 4) is 0 Å². The van der Waals surface area contributed by atoms with Gasteiger partial charge >= 0.3 is 0 Å². The van der Waals surface area contributed by atoms with Crippen molar-refractivity contribution in [3.63, 3.8) is 0 Å². The van der Waals surface area contributed by atoms with Crippen molar-refractivity contribution in [1.29, 1.82) is 0 Å². The third-order valence-corrected chi connectivity index (χ3v) is 7.68. The van der Waals surface area contributed by atoms with Crippen LogP contribution < -0.4 is 15.1 Å². The van der Waals surface area contributed by atoms with Crippen molar-refractivity contribution in [2.24, 2.45) is 0 Å². The van der Waals surface area contributed by atoms with Crippen LogP contribution in [0.15, 0.2) is 72.8 Å². The van der Waals surface area contributed by atoms with Crippen LogP contribution in [-0.4, -0.2) is 72.4 Å². The molecule has 1 aromatic heterocycles. The molecular weight excluding hydrogens is 539 g/mol. The fourth-order valence-electron chi connectivity index (χ4n) is 5.52. The lowest BCUT2D eigenvalue weighted by Gasteiger charge is -2.33. The van der Waals surface area contributed by atoms with Crippen LogP contribution in [0.3, 0.4) is 0 Å². The fraction of sp³-hybridized carbons (Fsp3) is 0.355. The third-order valence-electron chi connectivity index (χ3n) is 7.68. The number of para-hydroxylation sites is 1. The van der Waals surface area contributed by atoms with Gasteiger partial charge < -0.3 is 19.7 Å². The predicted octanol–water partition coefficient (Wildman–Crippen LogP) is 3.48. The number of carbonyl (C=O) groups excluding carboxylic acids is 2. The first-order valence-corrected chi connectivity index (χ1v) is 14.2. The van der Waals surface area contributed by atoms with Crippen molar-refractivity contribution >= 4 is 34.2 Å². The number of carbonyl (C=O) groups is 2. The minimum absolute atomic E-state index is 0.0851. The summed E-state index contributed by atoms with van der Waals surface area (Å²) in [6.07, 6.45) is 1.70. The molecule has 3 heterocycles. The number of ether oxygens (including phenoxy) is 2. The molecule has 0 unspecified atom stereocenters. The zero-order chi connectivity index (χ0) is 28.9. The first-order chi connectivity index (χ1) is 20.6. The summed E-state index contributed by atoms with van der Waals surface area (Å²) in [4.78, 5) is 31.7. The second kappa shape index (κ2) is 12.7. The molecule has 0 aliphatic carbocycles. The number of rotatable bonds is 9. The molecule has 11 heteroatoms. The van der Waals surface area contributed by atoms with Crippen LogP contribution in [0.25, 0.3) is 11.0 Å². The van der Waals surface area contributed by atoms with Gasteiger partial charge in [0.1, 0.15) is 23.9 Å². The van der Waals surface area contributed by atoms with Gasteiger partial charge in [0.15, 0.2) is 0 Å². The molecule has 2 amide bonds. The van der Waals surface area contributed by atoms with Gasteiger partial charge in [-0.2, -0.15) is 0 Å². The van der Waals surface area contributed by atoms with Gasteiger partial charge in [0.05, 0.1) is 24.8 Å². The summed E-state index contributed by atoms with van der Waals surface area (Å²) >= 11 is 0. The van der Waals surface area contributed by atoms with Gasteiger partial charge in [0.2, 0.25) is 11.8 Å². The lowest BCUT2D eigenvalue weighted by molar-refractivity contribution is -0.127. The smallest absolute Gasteiger partial charge is 0.249 e. The Bertz CT molecular complexity index is 1530. The van der Waals surface area contributed by atoms with Gasteiger partial charge in [-0.25, -0.2) is 9.07 Å². The number of halogens is 1. The number of hydrogen-bond donors (Lipinski definition) is 1. The van der Waals surface area contributed by atoms with Gasteiger partial charge in [-0.3, -0.25) is 14.5 Å². The highest BCUT2D eigenvalue weighted by Gasteiger charge is 2.34. The SMILES string of the molecule is O=C(NC[C@@H]1CCCO1)[C@@H](c1ccc(N2CCOCC2)cc1)N(C(=O)Cn1nnc2ccccc21)c1cccc(F)c1. The van der Waals surface area contributed by atoms with Gasteiger partial charge in [-0.05, 0) is 60.9 Å². The molecule has 4 aromatic rings. The van der Waals surface area contributed by atoms with E-state index in [0.717, 1.165) is 31.6 Å². The van der Waals surface area contributed by atoms with Crippen LogP contribution in [0.4, 0.5) is 15.8 Å². The standard InChI is InChI=1S/C31H33FN6O4/c32-23-5-3-6-25(19-23)38(29(39)21-37-28-9-2-1-8-27(28)34-35-37)30(31(40)33-20-26-7-4-16-42-26)22-10-12-24(13-11-22)36-14-17-41-18-15-36/h1-3,5-6,8-13,19,26,30H,4,7,14-18,20-21H2,(H,33,40)/t26-,30+/m0/s1. The van der Waals surface area contributed by atoms with Crippen LogP contribution >= 0.6 is 0 Å². The van der Waals surface area contributed by atoms with E-state index < -0.39 is 17.8 Å². The van der Waals surface area contributed by atoms with Crippen molar-refractivity contribution in [3.05, 3.63) is 84.2 Å². The highest BCUT2D eigenvalue weighted by Crippen LogP contribution is 2.31. The molecular formula is C31H33FN6O4. The molecule has 0 bridgehead atoms. The quantitative estimate of drug-likeness (QED) is 0.328. The van der Waals surface area contributed by atoms with E-state index in [1.165, 1.54) is 27.8 Å². The van der Waals surface area contributed by atoms with E-state index in [1.54, 1.807) is 6.07 Å². The highest BCUT2D eigenvalue weighted by molar-refractivity contribution is 6.01. The van der Waals surface area contributed by atoms with Crippen LogP contribution in [0.1, 0.15) is 24.4 Å². The lowest BCUT2D eigenvalue weighted by atomic mass is 10.0. The number of nitrogens with one attached hydrogen (secondary N) is 1. The minimum Gasteiger partial charge on any atom is -0.378 e. The second-order valence-electron chi connectivity index (χ2n) is 10.5. The number of hydrogen-bond acceptors (Lipinski definition) is 7. The summed E-state index contributed by atoms with van der Waals surface area (Å²) in [5.41, 5.74) is 3.18. The maximum absolute atomic E-state index is 14.6. The van der Waals surface area contributed by atoms with Crippen LogP contribution in [0.5, 0.6) is 0 Å². The van der Waals surface area contributed by atoms with Crippen molar-refractivity contribution in [1.82, 2.24) is 20.3 Å². The molecule has 6 rings (SSSR count). The van der Waals surface area contributed by atoms with E-state index in [4.69, 9.17) is 9.47 Å². The third kappa shape index (κ3) is 6.12. The number of fused-ring (bicyclic) bond motifs is 1. The summed E-state index contributed by atoms with van der Waals surface area (Å²) in [6.45, 7) is 3.61. The molecule has 0 spiro atoms. The van der Waals surface area contributed by atoms with Gasteiger partial charge in [0, 0.05) is 37.6 Å². The average molecular weight is 573 g/mol. The lowest BCUT2D eigenvalue weighted by Crippen LogP contribution is -2.46. The molecule has 42 heavy (non-hydrogen) atoms. The highest BCUT2D eigenvalue weighted by atomic mass is 19.1. The second-order valence-corrected chi connectivity index (χ2v) is 10.5. The molecule has 0 radical (unpaired) electrons. The van der Waals surface area contributed by atoms with Crippen molar-refractivity contribution in [2.75, 3.05) is 49.3 Å². The Morgan fingerprint density at radius 1 is 1.02 bits per heavy atom. The van der Waals surface area contributed by atoms with E-state index in [9.17, 15) is 14.0 Å². The normalized spacial score (nSPS) is 17.7. The maximum Gasteiger partial charge on any atom is 0.249 e. The monoisotopic (exact) mass is 572 g/mol. The molecule has 218 valence electrons. The largest absolute Gasteiger partial charge is 0.378 e. The zero-order valence-corrected chi connectivity index (χ0v) is 23.2. The number of amides is 2. The van der Waals surface area contributed by atoms with E-state index in [1.807, 2.05) is 48.5 Å². The topological polar surface area (TPSA) is 102 Å². The Balaban J connectivity index is 1.37. The Labute approximate surface area is 243 Å². The molecule has 2 aliphatic rings. The van der Waals surface area contributed by atoms with Gasteiger partial charge in [0.25, 0.3) is 0 Å². The Hall–Kier alpha value is -4.35.